The average molecular weight is 287 g/mol. The van der Waals surface area contributed by atoms with E-state index in [0.29, 0.717) is 5.69 Å². The Labute approximate surface area is 101 Å². The lowest BCUT2D eigenvalue weighted by Gasteiger charge is -2.14. The monoisotopic (exact) mass is 286 g/mol. The number of hydrogen-bond acceptors (Lipinski definition) is 4. The van der Waals surface area contributed by atoms with Crippen LogP contribution in [0, 0.1) is 0 Å². The minimum Gasteiger partial charge on any atom is -0.480 e. The summed E-state index contributed by atoms with van der Waals surface area (Å²) >= 11 is 2.97. The number of carbonyl (C=O) groups is 2. The van der Waals surface area contributed by atoms with E-state index < -0.39 is 22.6 Å². The number of nitrogens with two attached hydrogens (primary N) is 2. The second-order valence-corrected chi connectivity index (χ2v) is 4.20. The number of halogens is 1. The first-order valence-electron chi connectivity index (χ1n) is 4.46. The molecule has 6 heteroatoms. The lowest BCUT2D eigenvalue weighted by atomic mass is 10.0. The van der Waals surface area contributed by atoms with Crippen LogP contribution in [0.5, 0.6) is 0 Å². The first kappa shape index (κ1) is 12.7. The summed E-state index contributed by atoms with van der Waals surface area (Å²) in [7, 11) is 0. The van der Waals surface area contributed by atoms with E-state index in [0.717, 1.165) is 0 Å². The number of nitrogen functional groups attached to an aromatic ring is 1. The Morgan fingerprint density at radius 3 is 2.38 bits per heavy atom. The molecule has 5 nitrogen and oxygen atoms in total. The Kier molecular flexibility index (Phi) is 4.03. The topological polar surface area (TPSA) is 106 Å². The largest absolute Gasteiger partial charge is 0.480 e. The fraction of sp³-hybridized carbons (Fsp3) is 0.200. The molecule has 5 N–H and O–H groups in total. The molecule has 0 aliphatic carbocycles. The lowest BCUT2D eigenvalue weighted by molar-refractivity contribution is -0.138. The molecule has 0 amide bonds. The first-order valence-corrected chi connectivity index (χ1v) is 5.38. The van der Waals surface area contributed by atoms with Crippen molar-refractivity contribution in [2.75, 3.05) is 5.73 Å². The van der Waals surface area contributed by atoms with E-state index >= 15 is 0 Å². The van der Waals surface area contributed by atoms with Gasteiger partial charge in [0.1, 0.15) is 10.9 Å². The van der Waals surface area contributed by atoms with Gasteiger partial charge in [0.25, 0.3) is 0 Å². The molecule has 0 radical (unpaired) electrons. The molecule has 0 aromatic heterocycles. The number of carboxylic acids is 1. The van der Waals surface area contributed by atoms with Crippen LogP contribution in [0.1, 0.15) is 10.4 Å². The van der Waals surface area contributed by atoms with Crippen molar-refractivity contribution in [3.63, 3.8) is 0 Å². The van der Waals surface area contributed by atoms with Gasteiger partial charge in [0.05, 0.1) is 0 Å². The standard InChI is InChI=1S/C10H11BrN2O3/c11-7(8(13)10(15)16)9(14)5-3-1-2-4-6(5)12/h1-4,7-8H,12-13H2,(H,15,16). The van der Waals surface area contributed by atoms with Crippen LogP contribution in [0.4, 0.5) is 5.69 Å². The zero-order chi connectivity index (χ0) is 12.3. The summed E-state index contributed by atoms with van der Waals surface area (Å²) in [6.07, 6.45) is 0. The van der Waals surface area contributed by atoms with Gasteiger partial charge in [0, 0.05) is 11.3 Å². The Bertz CT molecular complexity index is 422. The third-order valence-corrected chi connectivity index (χ3v) is 3.06. The van der Waals surface area contributed by atoms with Gasteiger partial charge in [0.2, 0.25) is 0 Å². The number of carbonyl (C=O) groups excluding carboxylic acids is 1. The predicted molar refractivity (Wildman–Crippen MR) is 63.5 cm³/mol. The molecule has 0 saturated heterocycles. The van der Waals surface area contributed by atoms with Crippen molar-refractivity contribution in [2.24, 2.45) is 5.73 Å². The Morgan fingerprint density at radius 2 is 1.88 bits per heavy atom. The molecule has 0 saturated carbocycles. The van der Waals surface area contributed by atoms with Gasteiger partial charge in [-0.3, -0.25) is 9.59 Å². The maximum Gasteiger partial charge on any atom is 0.322 e. The number of benzene rings is 1. The molecule has 0 bridgehead atoms. The fourth-order valence-electron chi connectivity index (χ4n) is 1.16. The highest BCUT2D eigenvalue weighted by Gasteiger charge is 2.29. The molecular formula is C10H11BrN2O3. The van der Waals surface area contributed by atoms with Gasteiger partial charge >= 0.3 is 5.97 Å². The molecule has 2 unspecified atom stereocenters. The third-order valence-electron chi connectivity index (χ3n) is 2.08. The number of para-hydroxylation sites is 1. The highest BCUT2D eigenvalue weighted by atomic mass is 79.9. The molecule has 1 aromatic carbocycles. The number of anilines is 1. The fourth-order valence-corrected chi connectivity index (χ4v) is 1.63. The molecule has 16 heavy (non-hydrogen) atoms. The van der Waals surface area contributed by atoms with E-state index in [4.69, 9.17) is 16.6 Å². The number of carboxylic acid groups (broad SMARTS) is 1. The maximum absolute atomic E-state index is 11.8. The van der Waals surface area contributed by atoms with Crippen LogP contribution in [-0.4, -0.2) is 27.7 Å². The third kappa shape index (κ3) is 2.59. The van der Waals surface area contributed by atoms with Gasteiger partial charge < -0.3 is 16.6 Å². The van der Waals surface area contributed by atoms with E-state index in [1.54, 1.807) is 18.2 Å². The lowest BCUT2D eigenvalue weighted by Crippen LogP contribution is -2.42. The van der Waals surface area contributed by atoms with Crippen molar-refractivity contribution in [3.8, 4) is 0 Å². The zero-order valence-corrected chi connectivity index (χ0v) is 9.85. The van der Waals surface area contributed by atoms with Crippen LogP contribution in [0.25, 0.3) is 0 Å². The summed E-state index contributed by atoms with van der Waals surface area (Å²) in [5.41, 5.74) is 11.5. The second kappa shape index (κ2) is 5.09. The van der Waals surface area contributed by atoms with E-state index in [2.05, 4.69) is 15.9 Å². The summed E-state index contributed by atoms with van der Waals surface area (Å²) in [5.74, 6) is -1.68. The Balaban J connectivity index is 2.95. The molecular weight excluding hydrogens is 276 g/mol. The van der Waals surface area contributed by atoms with Gasteiger partial charge in [-0.15, -0.1) is 0 Å². The van der Waals surface area contributed by atoms with E-state index in [1.165, 1.54) is 6.07 Å². The van der Waals surface area contributed by atoms with Gasteiger partial charge in [-0.05, 0) is 12.1 Å². The number of aliphatic carboxylic acids is 1. The normalized spacial score (nSPS) is 14.1. The van der Waals surface area contributed by atoms with Crippen molar-refractivity contribution >= 4 is 33.4 Å². The van der Waals surface area contributed by atoms with E-state index in [9.17, 15) is 9.59 Å². The van der Waals surface area contributed by atoms with Crippen LogP contribution in [0.3, 0.4) is 0 Å². The molecule has 0 heterocycles. The number of Topliss-reactive ketones (excluding diaryl/α,β-unsaturated/α-hetero) is 1. The van der Waals surface area contributed by atoms with Crippen LogP contribution in [0.2, 0.25) is 0 Å². The molecule has 0 fully saturated rings. The summed E-state index contributed by atoms with van der Waals surface area (Å²) in [6.45, 7) is 0. The van der Waals surface area contributed by atoms with E-state index in [-0.39, 0.29) is 5.56 Å². The molecule has 1 rings (SSSR count). The maximum atomic E-state index is 11.8. The van der Waals surface area contributed by atoms with Gasteiger partial charge in [-0.25, -0.2) is 0 Å². The van der Waals surface area contributed by atoms with Crippen LogP contribution < -0.4 is 11.5 Å². The van der Waals surface area contributed by atoms with Gasteiger partial charge in [-0.1, -0.05) is 28.1 Å². The summed E-state index contributed by atoms with van der Waals surface area (Å²) in [5, 5.41) is 8.68. The van der Waals surface area contributed by atoms with Crippen molar-refractivity contribution in [2.45, 2.75) is 10.9 Å². The highest BCUT2D eigenvalue weighted by Crippen LogP contribution is 2.18. The molecule has 0 spiro atoms. The van der Waals surface area contributed by atoms with Crippen LogP contribution in [0.15, 0.2) is 24.3 Å². The number of rotatable bonds is 4. The zero-order valence-electron chi connectivity index (χ0n) is 8.26. The van der Waals surface area contributed by atoms with Crippen molar-refractivity contribution in [1.82, 2.24) is 0 Å². The summed E-state index contributed by atoms with van der Waals surface area (Å²) < 4.78 is 0. The van der Waals surface area contributed by atoms with Crippen molar-refractivity contribution < 1.29 is 14.7 Å². The minimum absolute atomic E-state index is 0.265. The molecule has 1 aromatic rings. The minimum atomic E-state index is -1.30. The number of hydrogen-bond donors (Lipinski definition) is 3. The number of ketones is 1. The van der Waals surface area contributed by atoms with Crippen molar-refractivity contribution in [1.29, 1.82) is 0 Å². The van der Waals surface area contributed by atoms with Crippen molar-refractivity contribution in [3.05, 3.63) is 29.8 Å². The van der Waals surface area contributed by atoms with Crippen LogP contribution >= 0.6 is 15.9 Å². The molecule has 86 valence electrons. The second-order valence-electron chi connectivity index (χ2n) is 3.22. The predicted octanol–water partition coefficient (Wildman–Crippen LogP) is 0.627. The van der Waals surface area contributed by atoms with Gasteiger partial charge in [0.15, 0.2) is 5.78 Å². The SMILES string of the molecule is Nc1ccccc1C(=O)C(Br)C(N)C(=O)O. The first-order chi connectivity index (χ1) is 7.45. The average Bonchev–Trinajstić information content (AvgIpc) is 2.26. The number of alkyl halides is 1. The van der Waals surface area contributed by atoms with Gasteiger partial charge in [-0.2, -0.15) is 0 Å². The smallest absolute Gasteiger partial charge is 0.322 e. The quantitative estimate of drug-likeness (QED) is 0.428. The summed E-state index contributed by atoms with van der Waals surface area (Å²) in [6, 6.07) is 5.13. The van der Waals surface area contributed by atoms with E-state index in [1.807, 2.05) is 0 Å². The molecule has 0 aliphatic heterocycles. The Hall–Kier alpha value is -1.40. The molecule has 2 atom stereocenters. The van der Waals surface area contributed by atoms with Crippen LogP contribution in [-0.2, 0) is 4.79 Å². The highest BCUT2D eigenvalue weighted by molar-refractivity contribution is 9.10. The molecule has 0 aliphatic rings. The summed E-state index contributed by atoms with van der Waals surface area (Å²) in [4.78, 5) is 21.5. The Morgan fingerprint density at radius 1 is 1.31 bits per heavy atom.